The van der Waals surface area contributed by atoms with Crippen molar-refractivity contribution in [2.45, 2.75) is 86.9 Å². The first-order chi connectivity index (χ1) is 22.2. The molecular formula is C41H49FIrNO2SSi-. The third-order valence-electron chi connectivity index (χ3n) is 10.0. The third kappa shape index (κ3) is 8.42. The number of thiophene rings is 1. The number of halogens is 1. The van der Waals surface area contributed by atoms with E-state index in [1.54, 1.807) is 17.4 Å². The SMILES string of the molecule is CCC(C)(CC)C(=O)/C=C(\O)C(C)(CC)CC.C[Si](C)(C)c1cc(-c2nccc3cc(-c4ccccc4F)sc23)[c-]c2ccccc12.[Ir]. The van der Waals surface area contributed by atoms with E-state index in [1.807, 2.05) is 65.9 Å². The summed E-state index contributed by atoms with van der Waals surface area (Å²) in [4.78, 5) is 17.8. The van der Waals surface area contributed by atoms with Crippen LogP contribution in [0, 0.1) is 22.7 Å². The molecule has 0 atom stereocenters. The Morgan fingerprint density at radius 1 is 0.917 bits per heavy atom. The van der Waals surface area contributed by atoms with E-state index in [2.05, 4.69) is 62.1 Å². The van der Waals surface area contributed by atoms with Gasteiger partial charge < -0.3 is 5.11 Å². The molecule has 5 aromatic rings. The van der Waals surface area contributed by atoms with Crippen molar-refractivity contribution in [2.24, 2.45) is 10.8 Å². The molecule has 3 nitrogen and oxygen atoms in total. The number of aromatic nitrogens is 1. The molecule has 0 fully saturated rings. The molecule has 0 aliphatic heterocycles. The minimum absolute atomic E-state index is 0. The number of ketones is 1. The van der Waals surface area contributed by atoms with E-state index in [0.29, 0.717) is 5.56 Å². The molecule has 0 aliphatic carbocycles. The minimum Gasteiger partial charge on any atom is -0.512 e. The number of aliphatic hydroxyl groups excluding tert-OH is 1. The molecule has 0 amide bonds. The summed E-state index contributed by atoms with van der Waals surface area (Å²) in [7, 11) is -1.58. The van der Waals surface area contributed by atoms with Crippen LogP contribution in [0.4, 0.5) is 4.39 Å². The minimum atomic E-state index is -1.58. The Hall–Kier alpha value is -2.96. The van der Waals surface area contributed by atoms with Crippen LogP contribution in [0.2, 0.25) is 19.6 Å². The van der Waals surface area contributed by atoms with E-state index >= 15 is 0 Å². The van der Waals surface area contributed by atoms with Crippen LogP contribution in [-0.4, -0.2) is 23.9 Å². The fraction of sp³-hybridized carbons (Fsp3) is 0.366. The van der Waals surface area contributed by atoms with Crippen LogP contribution < -0.4 is 5.19 Å². The first kappa shape index (κ1) is 39.5. The number of carbonyl (C=O) groups is 1. The Morgan fingerprint density at radius 2 is 1.52 bits per heavy atom. The molecule has 0 aliphatic rings. The predicted octanol–water partition coefficient (Wildman–Crippen LogP) is 11.9. The van der Waals surface area contributed by atoms with Crippen molar-refractivity contribution in [3.8, 4) is 21.7 Å². The number of aliphatic hydroxyl groups is 1. The summed E-state index contributed by atoms with van der Waals surface area (Å²) in [5.41, 5.74) is 1.97. The van der Waals surface area contributed by atoms with Crippen LogP contribution in [-0.2, 0) is 24.9 Å². The number of fused-ring (bicyclic) bond motifs is 2. The van der Waals surface area contributed by atoms with E-state index in [9.17, 15) is 14.3 Å². The van der Waals surface area contributed by atoms with Gasteiger partial charge >= 0.3 is 0 Å². The van der Waals surface area contributed by atoms with Gasteiger partial charge in [-0.1, -0.05) is 109 Å². The smallest absolute Gasteiger partial charge is 0.164 e. The predicted molar refractivity (Wildman–Crippen MR) is 203 cm³/mol. The Labute approximate surface area is 305 Å². The molecule has 0 saturated carbocycles. The summed E-state index contributed by atoms with van der Waals surface area (Å²) >= 11 is 1.59. The van der Waals surface area contributed by atoms with E-state index in [-0.39, 0.29) is 48.3 Å². The second-order valence-electron chi connectivity index (χ2n) is 14.0. The number of hydrogen-bond donors (Lipinski definition) is 1. The molecule has 3 aromatic carbocycles. The van der Waals surface area contributed by atoms with Gasteiger partial charge in [0.15, 0.2) is 5.78 Å². The van der Waals surface area contributed by atoms with Gasteiger partial charge in [-0.25, -0.2) is 4.39 Å². The zero-order valence-electron chi connectivity index (χ0n) is 29.8. The molecule has 2 aromatic heterocycles. The molecule has 0 saturated heterocycles. The first-order valence-corrected chi connectivity index (χ1v) is 21.1. The first-order valence-electron chi connectivity index (χ1n) is 16.8. The summed E-state index contributed by atoms with van der Waals surface area (Å²) in [5.74, 6) is 0.0885. The number of pyridine rings is 1. The Morgan fingerprint density at radius 3 is 2.12 bits per heavy atom. The average molecular weight is 859 g/mol. The number of carbonyl (C=O) groups excluding carboxylic acids is 1. The van der Waals surface area contributed by atoms with Crippen molar-refractivity contribution in [1.29, 1.82) is 0 Å². The monoisotopic (exact) mass is 859 g/mol. The zero-order valence-corrected chi connectivity index (χ0v) is 34.0. The van der Waals surface area contributed by atoms with Gasteiger partial charge in [-0.05, 0) is 49.3 Å². The van der Waals surface area contributed by atoms with Crippen molar-refractivity contribution in [1.82, 2.24) is 4.98 Å². The van der Waals surface area contributed by atoms with Crippen LogP contribution in [0.15, 0.2) is 84.8 Å². The fourth-order valence-electron chi connectivity index (χ4n) is 5.61. The molecule has 257 valence electrons. The van der Waals surface area contributed by atoms with E-state index in [4.69, 9.17) is 4.98 Å². The number of benzene rings is 3. The topological polar surface area (TPSA) is 50.2 Å². The normalized spacial score (nSPS) is 12.4. The molecule has 5 rings (SSSR count). The van der Waals surface area contributed by atoms with Crippen LogP contribution in [0.1, 0.15) is 67.2 Å². The molecule has 48 heavy (non-hydrogen) atoms. The van der Waals surface area contributed by atoms with Gasteiger partial charge in [0.25, 0.3) is 0 Å². The van der Waals surface area contributed by atoms with Gasteiger partial charge in [-0.3, -0.25) is 9.78 Å². The molecule has 2 heterocycles. The van der Waals surface area contributed by atoms with Gasteiger partial charge in [0.1, 0.15) is 11.6 Å². The van der Waals surface area contributed by atoms with E-state index in [0.717, 1.165) is 57.3 Å². The van der Waals surface area contributed by atoms with Crippen LogP contribution in [0.25, 0.3) is 42.6 Å². The van der Waals surface area contributed by atoms with Gasteiger partial charge in [-0.15, -0.1) is 40.1 Å². The van der Waals surface area contributed by atoms with Crippen LogP contribution >= 0.6 is 11.3 Å². The standard InChI is InChI=1S/C26H21FNSSi.C15H28O2.Ir/c1-30(2,3)24-16-19(14-17-8-4-5-9-20(17)24)25-26-18(12-13-28-25)15-23(29-26)21-10-6-7-11-22(21)27;1-7-14(5,8-2)12(16)11-13(17)15(6,9-3)10-4;/h4-13,15-16H,1-3H3;11,16H,7-10H2,1-6H3;/q-1;;/b;12-11-;. The summed E-state index contributed by atoms with van der Waals surface area (Å²) < 4.78 is 15.4. The Balaban J connectivity index is 0.000000301. The van der Waals surface area contributed by atoms with Crippen molar-refractivity contribution < 1.29 is 34.4 Å². The summed E-state index contributed by atoms with van der Waals surface area (Å²) in [6, 6.07) is 25.4. The second-order valence-corrected chi connectivity index (χ2v) is 20.1. The maximum Gasteiger partial charge on any atom is 0.164 e. The summed E-state index contributed by atoms with van der Waals surface area (Å²) in [6.45, 7) is 19.2. The molecule has 0 bridgehead atoms. The number of allylic oxidation sites excluding steroid dienone is 2. The quantitative estimate of drug-likeness (QED) is 0.0659. The Kier molecular flexibility index (Phi) is 13.3. The van der Waals surface area contributed by atoms with E-state index in [1.165, 1.54) is 22.7 Å². The van der Waals surface area contributed by atoms with Crippen molar-refractivity contribution in [3.63, 3.8) is 0 Å². The molecule has 0 unspecified atom stereocenters. The van der Waals surface area contributed by atoms with Gasteiger partial charge in [0, 0.05) is 64.0 Å². The molecular weight excluding hydrogens is 810 g/mol. The van der Waals surface area contributed by atoms with Crippen LogP contribution in [0.5, 0.6) is 0 Å². The molecule has 1 radical (unpaired) electrons. The fourth-order valence-corrected chi connectivity index (χ4v) is 8.40. The number of rotatable bonds is 10. The van der Waals surface area contributed by atoms with Crippen molar-refractivity contribution >= 4 is 51.2 Å². The molecule has 0 spiro atoms. The molecule has 1 N–H and O–H groups in total. The van der Waals surface area contributed by atoms with Gasteiger partial charge in [0.05, 0.1) is 8.07 Å². The van der Waals surface area contributed by atoms with Crippen LogP contribution in [0.3, 0.4) is 0 Å². The average Bonchev–Trinajstić information content (AvgIpc) is 3.51. The van der Waals surface area contributed by atoms with Gasteiger partial charge in [-0.2, -0.15) is 0 Å². The largest absolute Gasteiger partial charge is 0.512 e. The van der Waals surface area contributed by atoms with Gasteiger partial charge in [0.2, 0.25) is 0 Å². The maximum absolute atomic E-state index is 14.4. The zero-order chi connectivity index (χ0) is 34.6. The number of nitrogens with zero attached hydrogens (tertiary/aromatic N) is 1. The third-order valence-corrected chi connectivity index (χ3v) is 13.2. The second kappa shape index (κ2) is 16.2. The maximum atomic E-state index is 14.4. The van der Waals surface area contributed by atoms with E-state index < -0.39 is 8.07 Å². The summed E-state index contributed by atoms with van der Waals surface area (Å²) in [6.07, 6.45) is 6.59. The van der Waals surface area contributed by atoms with Crippen molar-refractivity contribution in [3.05, 3.63) is 96.6 Å². The Bertz CT molecular complexity index is 1900. The summed E-state index contributed by atoms with van der Waals surface area (Å²) in [5, 5.41) is 15.0. The number of hydrogen-bond acceptors (Lipinski definition) is 4. The molecule has 7 heteroatoms. The van der Waals surface area contributed by atoms with Crippen molar-refractivity contribution in [2.75, 3.05) is 0 Å².